The molecule has 2 N–H and O–H groups in total. The van der Waals surface area contributed by atoms with E-state index in [1.165, 1.54) is 23.3 Å². The van der Waals surface area contributed by atoms with Crippen molar-refractivity contribution < 1.29 is 14.0 Å². The van der Waals surface area contributed by atoms with Gasteiger partial charge in [-0.2, -0.15) is 0 Å². The van der Waals surface area contributed by atoms with Gasteiger partial charge in [0.2, 0.25) is 5.91 Å². The van der Waals surface area contributed by atoms with Crippen molar-refractivity contribution in [1.82, 2.24) is 15.5 Å². The third-order valence-electron chi connectivity index (χ3n) is 6.81. The molecule has 2 aliphatic rings. The lowest BCUT2D eigenvalue weighted by atomic mass is 9.91. The zero-order valence-electron chi connectivity index (χ0n) is 19.5. The van der Waals surface area contributed by atoms with Crippen molar-refractivity contribution in [2.24, 2.45) is 5.92 Å². The van der Waals surface area contributed by atoms with Crippen molar-refractivity contribution in [3.05, 3.63) is 70.0 Å². The summed E-state index contributed by atoms with van der Waals surface area (Å²) in [5.74, 6) is -1.30. The molecule has 1 aliphatic carbocycles. The number of carbonyl (C=O) groups excluding carboxylic acids is 2. The van der Waals surface area contributed by atoms with Gasteiger partial charge in [0.1, 0.15) is 5.82 Å². The van der Waals surface area contributed by atoms with Crippen molar-refractivity contribution in [2.45, 2.75) is 58.7 Å². The van der Waals surface area contributed by atoms with Gasteiger partial charge < -0.3 is 15.5 Å². The number of benzene rings is 2. The minimum absolute atomic E-state index is 0. The SMILES string of the molecule is Cc1ccc(C(=O)NC2CCNCC2C(=O)N(Cc2cccc(C)c2C)C2CC2)c(F)c1.Cl. The number of halogens is 2. The Morgan fingerprint density at radius 1 is 1.12 bits per heavy atom. The molecular weight excluding hydrogens is 441 g/mol. The highest BCUT2D eigenvalue weighted by atomic mass is 35.5. The van der Waals surface area contributed by atoms with Gasteiger partial charge in [-0.05, 0) is 81.0 Å². The van der Waals surface area contributed by atoms with Crippen LogP contribution in [-0.2, 0) is 11.3 Å². The normalized spacial score (nSPS) is 20.0. The Morgan fingerprint density at radius 3 is 2.58 bits per heavy atom. The molecule has 2 aromatic carbocycles. The summed E-state index contributed by atoms with van der Waals surface area (Å²) in [5, 5.41) is 6.26. The average molecular weight is 474 g/mol. The van der Waals surface area contributed by atoms with E-state index in [1.54, 1.807) is 13.0 Å². The molecule has 178 valence electrons. The van der Waals surface area contributed by atoms with Crippen LogP contribution in [0.4, 0.5) is 4.39 Å². The van der Waals surface area contributed by atoms with Crippen LogP contribution in [-0.4, -0.2) is 41.9 Å². The predicted octanol–water partition coefficient (Wildman–Crippen LogP) is 4.07. The van der Waals surface area contributed by atoms with E-state index in [1.807, 2.05) is 11.0 Å². The number of piperidine rings is 1. The van der Waals surface area contributed by atoms with Crippen molar-refractivity contribution >= 4 is 24.2 Å². The molecule has 2 fully saturated rings. The molecule has 2 amide bonds. The number of nitrogens with one attached hydrogen (secondary N) is 2. The minimum Gasteiger partial charge on any atom is -0.348 e. The fourth-order valence-electron chi connectivity index (χ4n) is 4.49. The lowest BCUT2D eigenvalue weighted by Crippen LogP contribution is -2.55. The van der Waals surface area contributed by atoms with Gasteiger partial charge in [0.05, 0.1) is 11.5 Å². The van der Waals surface area contributed by atoms with E-state index >= 15 is 0 Å². The first kappa shape index (κ1) is 25.2. The number of nitrogens with zero attached hydrogens (tertiary/aromatic N) is 1. The second kappa shape index (κ2) is 10.7. The summed E-state index contributed by atoms with van der Waals surface area (Å²) in [6, 6.07) is 10.7. The molecule has 1 saturated heterocycles. The Balaban J connectivity index is 0.00000306. The van der Waals surface area contributed by atoms with Crippen LogP contribution in [0.5, 0.6) is 0 Å². The summed E-state index contributed by atoms with van der Waals surface area (Å²) in [4.78, 5) is 28.5. The Morgan fingerprint density at radius 2 is 1.88 bits per heavy atom. The van der Waals surface area contributed by atoms with Crippen LogP contribution in [0.25, 0.3) is 0 Å². The second-order valence-corrected chi connectivity index (χ2v) is 9.22. The average Bonchev–Trinajstić information content (AvgIpc) is 3.60. The fraction of sp³-hybridized carbons (Fsp3) is 0.462. The minimum atomic E-state index is -0.533. The first-order valence-electron chi connectivity index (χ1n) is 11.5. The van der Waals surface area contributed by atoms with E-state index in [0.717, 1.165) is 24.0 Å². The number of hydrogen-bond acceptors (Lipinski definition) is 3. The van der Waals surface area contributed by atoms with Crippen LogP contribution in [0.3, 0.4) is 0 Å². The van der Waals surface area contributed by atoms with Gasteiger partial charge >= 0.3 is 0 Å². The van der Waals surface area contributed by atoms with Crippen molar-refractivity contribution in [3.8, 4) is 0 Å². The monoisotopic (exact) mass is 473 g/mol. The van der Waals surface area contributed by atoms with Gasteiger partial charge in [-0.15, -0.1) is 12.4 Å². The van der Waals surface area contributed by atoms with Crippen LogP contribution in [0.15, 0.2) is 36.4 Å². The van der Waals surface area contributed by atoms with Crippen LogP contribution in [0.1, 0.15) is 51.9 Å². The number of amides is 2. The molecule has 4 rings (SSSR count). The predicted molar refractivity (Wildman–Crippen MR) is 130 cm³/mol. The fourth-order valence-corrected chi connectivity index (χ4v) is 4.49. The zero-order valence-corrected chi connectivity index (χ0v) is 20.3. The van der Waals surface area contributed by atoms with E-state index in [2.05, 4.69) is 36.6 Å². The van der Waals surface area contributed by atoms with Crippen LogP contribution < -0.4 is 10.6 Å². The maximum Gasteiger partial charge on any atom is 0.254 e. The van der Waals surface area contributed by atoms with E-state index in [-0.39, 0.29) is 41.9 Å². The third-order valence-corrected chi connectivity index (χ3v) is 6.81. The second-order valence-electron chi connectivity index (χ2n) is 9.22. The third kappa shape index (κ3) is 5.74. The van der Waals surface area contributed by atoms with Crippen LogP contribution in [0.2, 0.25) is 0 Å². The number of aryl methyl sites for hydroxylation is 2. The molecule has 33 heavy (non-hydrogen) atoms. The molecule has 2 unspecified atom stereocenters. The van der Waals surface area contributed by atoms with Crippen LogP contribution >= 0.6 is 12.4 Å². The molecule has 2 atom stereocenters. The molecule has 0 radical (unpaired) electrons. The number of hydrogen-bond donors (Lipinski definition) is 2. The molecule has 5 nitrogen and oxygen atoms in total. The molecule has 0 aromatic heterocycles. The summed E-state index contributed by atoms with van der Waals surface area (Å²) < 4.78 is 14.3. The Labute approximate surface area is 201 Å². The van der Waals surface area contributed by atoms with Crippen LogP contribution in [0, 0.1) is 32.5 Å². The van der Waals surface area contributed by atoms with Gasteiger partial charge in [-0.25, -0.2) is 4.39 Å². The van der Waals surface area contributed by atoms with Gasteiger partial charge in [-0.1, -0.05) is 24.3 Å². The molecule has 2 aromatic rings. The molecule has 1 heterocycles. The number of rotatable bonds is 6. The van der Waals surface area contributed by atoms with Gasteiger partial charge in [0.15, 0.2) is 0 Å². The highest BCUT2D eigenvalue weighted by Gasteiger charge is 2.40. The van der Waals surface area contributed by atoms with Crippen molar-refractivity contribution in [3.63, 3.8) is 0 Å². The largest absolute Gasteiger partial charge is 0.348 e. The highest BCUT2D eigenvalue weighted by Crippen LogP contribution is 2.32. The maximum absolute atomic E-state index is 14.3. The van der Waals surface area contributed by atoms with Gasteiger partial charge in [0.25, 0.3) is 5.91 Å². The van der Waals surface area contributed by atoms with E-state index in [4.69, 9.17) is 0 Å². The maximum atomic E-state index is 14.3. The Bertz CT molecular complexity index is 1020. The first-order valence-corrected chi connectivity index (χ1v) is 11.5. The molecule has 0 bridgehead atoms. The number of carbonyl (C=O) groups is 2. The first-order chi connectivity index (χ1) is 15.3. The van der Waals surface area contributed by atoms with E-state index in [0.29, 0.717) is 26.1 Å². The Kier molecular flexibility index (Phi) is 8.14. The van der Waals surface area contributed by atoms with E-state index in [9.17, 15) is 14.0 Å². The molecule has 1 aliphatic heterocycles. The molecule has 0 spiro atoms. The van der Waals surface area contributed by atoms with Gasteiger partial charge in [-0.3, -0.25) is 9.59 Å². The van der Waals surface area contributed by atoms with Crippen molar-refractivity contribution in [1.29, 1.82) is 0 Å². The lowest BCUT2D eigenvalue weighted by Gasteiger charge is -2.36. The smallest absolute Gasteiger partial charge is 0.254 e. The topological polar surface area (TPSA) is 61.4 Å². The summed E-state index contributed by atoms with van der Waals surface area (Å²) in [7, 11) is 0. The van der Waals surface area contributed by atoms with Crippen molar-refractivity contribution in [2.75, 3.05) is 13.1 Å². The standard InChI is InChI=1S/C26H32FN3O2.ClH/c1-16-7-10-21(23(27)13-16)25(31)29-24-11-12-28-14-22(24)26(32)30(20-8-9-20)15-19-6-4-5-17(2)18(19)3;/h4-7,10,13,20,22,24,28H,8-9,11-12,14-15H2,1-3H3,(H,29,31);1H. The van der Waals surface area contributed by atoms with Gasteiger partial charge in [0, 0.05) is 25.2 Å². The summed E-state index contributed by atoms with van der Waals surface area (Å²) in [5.41, 5.74) is 4.38. The molecule has 1 saturated carbocycles. The Hall–Kier alpha value is -2.44. The summed E-state index contributed by atoms with van der Waals surface area (Å²) in [6.45, 7) is 7.78. The molecule has 7 heteroatoms. The lowest BCUT2D eigenvalue weighted by molar-refractivity contribution is -0.138. The zero-order chi connectivity index (χ0) is 22.8. The quantitative estimate of drug-likeness (QED) is 0.664. The highest BCUT2D eigenvalue weighted by molar-refractivity contribution is 5.95. The summed E-state index contributed by atoms with van der Waals surface area (Å²) >= 11 is 0. The molecular formula is C26H33ClFN3O2. The van der Waals surface area contributed by atoms with E-state index < -0.39 is 11.7 Å². The summed E-state index contributed by atoms with van der Waals surface area (Å²) in [6.07, 6.45) is 2.67.